The molecule has 126 valence electrons. The van der Waals surface area contributed by atoms with Crippen LogP contribution in [0.5, 0.6) is 0 Å². The number of hydrogen-bond donors (Lipinski definition) is 2. The lowest BCUT2D eigenvalue weighted by atomic mass is 10.1. The highest BCUT2D eigenvalue weighted by Crippen LogP contribution is 2.19. The van der Waals surface area contributed by atoms with Gasteiger partial charge >= 0.3 is 5.97 Å². The Morgan fingerprint density at radius 1 is 1.04 bits per heavy atom. The van der Waals surface area contributed by atoms with Gasteiger partial charge in [0.1, 0.15) is 11.5 Å². The average Bonchev–Trinajstić information content (AvgIpc) is 3.04. The second-order valence-electron chi connectivity index (χ2n) is 5.46. The second-order valence-corrected chi connectivity index (χ2v) is 5.46. The predicted octanol–water partition coefficient (Wildman–Crippen LogP) is 3.63. The lowest BCUT2D eigenvalue weighted by molar-refractivity contribution is 0.0698. The number of halogens is 1. The second kappa shape index (κ2) is 7.00. The van der Waals surface area contributed by atoms with Crippen LogP contribution in [-0.2, 0) is 6.54 Å². The number of carboxylic acids is 1. The molecular weight excluding hydrogens is 323 g/mol. The molecule has 1 heterocycles. The number of hydrogen-bond acceptors (Lipinski definition) is 2. The van der Waals surface area contributed by atoms with Crippen LogP contribution in [0.1, 0.15) is 26.4 Å². The minimum absolute atomic E-state index is 0.0787. The zero-order valence-corrected chi connectivity index (χ0v) is 13.1. The van der Waals surface area contributed by atoms with E-state index < -0.39 is 17.7 Å². The van der Waals surface area contributed by atoms with Gasteiger partial charge in [-0.3, -0.25) is 4.79 Å². The van der Waals surface area contributed by atoms with Crippen LogP contribution in [0.25, 0.3) is 0 Å². The van der Waals surface area contributed by atoms with Gasteiger partial charge in [0.2, 0.25) is 0 Å². The minimum atomic E-state index is -1.24. The van der Waals surface area contributed by atoms with Gasteiger partial charge in [-0.1, -0.05) is 30.3 Å². The van der Waals surface area contributed by atoms with E-state index in [0.717, 1.165) is 23.8 Å². The van der Waals surface area contributed by atoms with E-state index >= 15 is 0 Å². The quantitative estimate of drug-likeness (QED) is 0.746. The number of nitrogens with zero attached hydrogens (tertiary/aromatic N) is 1. The van der Waals surface area contributed by atoms with Gasteiger partial charge < -0.3 is 15.0 Å². The third kappa shape index (κ3) is 3.74. The fraction of sp³-hybridized carbons (Fsp3) is 0.0526. The molecule has 25 heavy (non-hydrogen) atoms. The van der Waals surface area contributed by atoms with Crippen molar-refractivity contribution in [2.75, 3.05) is 5.32 Å². The summed E-state index contributed by atoms with van der Waals surface area (Å²) in [4.78, 5) is 23.8. The molecule has 0 aliphatic carbocycles. The molecule has 2 N–H and O–H groups in total. The van der Waals surface area contributed by atoms with E-state index in [1.54, 1.807) is 22.9 Å². The summed E-state index contributed by atoms with van der Waals surface area (Å²) in [6, 6.07) is 16.1. The number of aromatic nitrogens is 1. The van der Waals surface area contributed by atoms with Gasteiger partial charge in [0, 0.05) is 12.7 Å². The molecule has 0 aliphatic rings. The molecule has 5 nitrogen and oxygen atoms in total. The first-order chi connectivity index (χ1) is 12.0. The fourth-order valence-corrected chi connectivity index (χ4v) is 2.53. The SMILES string of the molecule is O=C(O)c1ccc(F)cc1NC(=O)c1cccn1Cc1ccccc1. The summed E-state index contributed by atoms with van der Waals surface area (Å²) in [6.07, 6.45) is 1.76. The number of aromatic carboxylic acids is 1. The van der Waals surface area contributed by atoms with E-state index in [1.807, 2.05) is 30.3 Å². The number of carboxylic acid groups (broad SMARTS) is 1. The van der Waals surface area contributed by atoms with Gasteiger partial charge in [0.05, 0.1) is 11.3 Å². The summed E-state index contributed by atoms with van der Waals surface area (Å²) in [7, 11) is 0. The Labute approximate surface area is 143 Å². The van der Waals surface area contributed by atoms with Crippen LogP contribution in [0.3, 0.4) is 0 Å². The van der Waals surface area contributed by atoms with Crippen LogP contribution in [0.4, 0.5) is 10.1 Å². The van der Waals surface area contributed by atoms with Crippen molar-refractivity contribution in [1.29, 1.82) is 0 Å². The normalized spacial score (nSPS) is 10.4. The number of benzene rings is 2. The summed E-state index contributed by atoms with van der Waals surface area (Å²) >= 11 is 0. The van der Waals surface area contributed by atoms with Crippen molar-refractivity contribution in [3.05, 3.63) is 89.5 Å². The molecule has 6 heteroatoms. The lowest BCUT2D eigenvalue weighted by Crippen LogP contribution is -2.19. The van der Waals surface area contributed by atoms with Crippen molar-refractivity contribution < 1.29 is 19.1 Å². The molecule has 0 saturated carbocycles. The Bertz CT molecular complexity index is 919. The van der Waals surface area contributed by atoms with Crippen LogP contribution in [0.15, 0.2) is 66.9 Å². The zero-order valence-electron chi connectivity index (χ0n) is 13.1. The molecule has 3 rings (SSSR count). The van der Waals surface area contributed by atoms with Crippen molar-refractivity contribution in [3.8, 4) is 0 Å². The van der Waals surface area contributed by atoms with Gasteiger partial charge in [-0.25, -0.2) is 9.18 Å². The van der Waals surface area contributed by atoms with Crippen LogP contribution in [0, 0.1) is 5.82 Å². The first-order valence-corrected chi connectivity index (χ1v) is 7.58. The molecule has 0 radical (unpaired) electrons. The summed E-state index contributed by atoms with van der Waals surface area (Å²) < 4.78 is 15.2. The molecule has 0 saturated heterocycles. The number of amides is 1. The van der Waals surface area contributed by atoms with E-state index in [0.29, 0.717) is 12.2 Å². The van der Waals surface area contributed by atoms with Gasteiger partial charge in [-0.2, -0.15) is 0 Å². The highest BCUT2D eigenvalue weighted by atomic mass is 19.1. The molecule has 1 amide bonds. The molecule has 3 aromatic rings. The molecule has 0 aliphatic heterocycles. The topological polar surface area (TPSA) is 71.3 Å². The Morgan fingerprint density at radius 3 is 2.52 bits per heavy atom. The highest BCUT2D eigenvalue weighted by Gasteiger charge is 2.16. The van der Waals surface area contributed by atoms with Gasteiger partial charge in [0.15, 0.2) is 0 Å². The Kier molecular flexibility index (Phi) is 4.61. The van der Waals surface area contributed by atoms with Crippen molar-refractivity contribution in [2.45, 2.75) is 6.54 Å². The molecule has 0 fully saturated rings. The number of rotatable bonds is 5. The van der Waals surface area contributed by atoms with Crippen molar-refractivity contribution in [1.82, 2.24) is 4.57 Å². The van der Waals surface area contributed by atoms with Crippen LogP contribution < -0.4 is 5.32 Å². The smallest absolute Gasteiger partial charge is 0.337 e. The molecule has 0 atom stereocenters. The van der Waals surface area contributed by atoms with Crippen molar-refractivity contribution in [2.24, 2.45) is 0 Å². The highest BCUT2D eigenvalue weighted by molar-refractivity contribution is 6.07. The molecule has 2 aromatic carbocycles. The number of nitrogens with one attached hydrogen (secondary N) is 1. The van der Waals surface area contributed by atoms with Gasteiger partial charge in [-0.15, -0.1) is 0 Å². The van der Waals surface area contributed by atoms with Crippen LogP contribution in [0.2, 0.25) is 0 Å². The maximum atomic E-state index is 13.4. The molecule has 0 unspecified atom stereocenters. The monoisotopic (exact) mass is 338 g/mol. The summed E-state index contributed by atoms with van der Waals surface area (Å²) in [5.74, 6) is -2.37. The Hall–Kier alpha value is -3.41. The number of carbonyl (C=O) groups is 2. The maximum absolute atomic E-state index is 13.4. The third-order valence-electron chi connectivity index (χ3n) is 3.72. The molecule has 1 aromatic heterocycles. The van der Waals surface area contributed by atoms with Gasteiger partial charge in [0.25, 0.3) is 5.91 Å². The summed E-state index contributed by atoms with van der Waals surface area (Å²) in [5.41, 5.74) is 1.12. The maximum Gasteiger partial charge on any atom is 0.337 e. The summed E-state index contributed by atoms with van der Waals surface area (Å²) in [6.45, 7) is 0.492. The van der Waals surface area contributed by atoms with Crippen molar-refractivity contribution >= 4 is 17.6 Å². The van der Waals surface area contributed by atoms with Crippen molar-refractivity contribution in [3.63, 3.8) is 0 Å². The van der Waals surface area contributed by atoms with E-state index in [-0.39, 0.29) is 11.3 Å². The first-order valence-electron chi connectivity index (χ1n) is 7.58. The van der Waals surface area contributed by atoms with E-state index in [1.165, 1.54) is 0 Å². The van der Waals surface area contributed by atoms with E-state index in [4.69, 9.17) is 0 Å². The van der Waals surface area contributed by atoms with Crippen LogP contribution in [-0.4, -0.2) is 21.6 Å². The fourth-order valence-electron chi connectivity index (χ4n) is 2.53. The summed E-state index contributed by atoms with van der Waals surface area (Å²) in [5, 5.41) is 11.7. The Morgan fingerprint density at radius 2 is 1.80 bits per heavy atom. The van der Waals surface area contributed by atoms with E-state index in [9.17, 15) is 19.1 Å². The predicted molar refractivity (Wildman–Crippen MR) is 91.3 cm³/mol. The van der Waals surface area contributed by atoms with Gasteiger partial charge in [-0.05, 0) is 35.9 Å². The average molecular weight is 338 g/mol. The largest absolute Gasteiger partial charge is 0.478 e. The zero-order chi connectivity index (χ0) is 17.8. The van der Waals surface area contributed by atoms with Crippen LogP contribution >= 0.6 is 0 Å². The number of carbonyl (C=O) groups excluding carboxylic acids is 1. The molecule has 0 spiro atoms. The molecule has 0 bridgehead atoms. The van der Waals surface area contributed by atoms with E-state index in [2.05, 4.69) is 5.32 Å². The first kappa shape index (κ1) is 16.4. The molecular formula is C19H15FN2O3. The lowest BCUT2D eigenvalue weighted by Gasteiger charge is -2.11. The number of anilines is 1. The Balaban J connectivity index is 1.85. The third-order valence-corrected chi connectivity index (χ3v) is 3.72. The minimum Gasteiger partial charge on any atom is -0.478 e. The standard InChI is InChI=1S/C19H15FN2O3/c20-14-8-9-15(19(24)25)16(11-14)21-18(23)17-7-4-10-22(17)12-13-5-2-1-3-6-13/h1-11H,12H2,(H,21,23)(H,24,25).